The summed E-state index contributed by atoms with van der Waals surface area (Å²) in [4.78, 5) is 18.1. The van der Waals surface area contributed by atoms with Crippen molar-refractivity contribution in [2.45, 2.75) is 25.6 Å². The Morgan fingerprint density at radius 2 is 1.84 bits per heavy atom. The lowest BCUT2D eigenvalue weighted by Gasteiger charge is -2.23. The van der Waals surface area contributed by atoms with Crippen molar-refractivity contribution in [1.82, 2.24) is 19.7 Å². The highest BCUT2D eigenvalue weighted by Gasteiger charge is 2.32. The van der Waals surface area contributed by atoms with Crippen molar-refractivity contribution in [1.29, 1.82) is 0 Å². The van der Waals surface area contributed by atoms with Gasteiger partial charge in [0.1, 0.15) is 17.2 Å². The van der Waals surface area contributed by atoms with E-state index in [2.05, 4.69) is 10.1 Å². The largest absolute Gasteiger partial charge is 0.384 e. The van der Waals surface area contributed by atoms with Crippen molar-refractivity contribution in [3.63, 3.8) is 0 Å². The fourth-order valence-corrected chi connectivity index (χ4v) is 6.08. The summed E-state index contributed by atoms with van der Waals surface area (Å²) in [5.41, 5.74) is 0.334. The van der Waals surface area contributed by atoms with Gasteiger partial charge in [0.15, 0.2) is 9.84 Å². The van der Waals surface area contributed by atoms with E-state index in [-0.39, 0.29) is 35.7 Å². The Morgan fingerprint density at radius 1 is 1.14 bits per heavy atom. The van der Waals surface area contributed by atoms with Gasteiger partial charge in [0.2, 0.25) is 0 Å². The molecule has 1 amide bonds. The minimum atomic E-state index is -3.52. The molecular weight excluding hydrogens is 502 g/mol. The molecule has 2 aromatic heterocycles. The monoisotopic (exact) mass is 526 g/mol. The number of fused-ring (bicyclic) bond motifs is 2. The summed E-state index contributed by atoms with van der Waals surface area (Å²) in [7, 11) is -1.86. The quantitative estimate of drug-likeness (QED) is 0.413. The Balaban J connectivity index is 1.52. The molecule has 8 nitrogen and oxygen atoms in total. The molecule has 192 valence electrons. The van der Waals surface area contributed by atoms with E-state index in [0.717, 1.165) is 6.26 Å². The summed E-state index contributed by atoms with van der Waals surface area (Å²) in [5.74, 6) is -2.47. The van der Waals surface area contributed by atoms with Gasteiger partial charge in [-0.3, -0.25) is 14.5 Å². The van der Waals surface area contributed by atoms with E-state index >= 15 is 8.78 Å². The molecule has 0 fully saturated rings. The van der Waals surface area contributed by atoms with Crippen molar-refractivity contribution in [2.24, 2.45) is 7.05 Å². The molecule has 0 aliphatic carbocycles. The van der Waals surface area contributed by atoms with Gasteiger partial charge in [-0.05, 0) is 42.3 Å². The van der Waals surface area contributed by atoms with Gasteiger partial charge in [-0.25, -0.2) is 17.2 Å². The molecule has 1 aliphatic rings. The third-order valence-electron chi connectivity index (χ3n) is 6.46. The minimum Gasteiger partial charge on any atom is -0.384 e. The Morgan fingerprint density at radius 3 is 2.49 bits per heavy atom. The first kappa shape index (κ1) is 25.0. The lowest BCUT2D eigenvalue weighted by atomic mass is 9.91. The maximum Gasteiger partial charge on any atom is 0.256 e. The number of carbonyl (C=O) groups is 1. The number of hydrogen-bond donors (Lipinski definition) is 1. The second-order valence-electron chi connectivity index (χ2n) is 9.65. The minimum absolute atomic E-state index is 0.167. The molecule has 4 aromatic rings. The van der Waals surface area contributed by atoms with Crippen LogP contribution in [0.15, 0.2) is 48.8 Å². The Labute approximate surface area is 212 Å². The van der Waals surface area contributed by atoms with Gasteiger partial charge in [-0.2, -0.15) is 5.10 Å². The lowest BCUT2D eigenvalue weighted by Crippen LogP contribution is -2.31. The van der Waals surface area contributed by atoms with Gasteiger partial charge in [0.25, 0.3) is 5.91 Å². The highest BCUT2D eigenvalue weighted by Crippen LogP contribution is 2.36. The number of nitrogens with zero attached hydrogens (tertiary/aromatic N) is 4. The normalized spacial score (nSPS) is 15.3. The van der Waals surface area contributed by atoms with Gasteiger partial charge in [0.05, 0.1) is 35.6 Å². The SMILES string of the molecule is Cn1cc2c(-c3cc(F)c(CN4Cc5ncccc5C4=O)c(F)c3)ccc(C(C)(O)CS(C)(=O)=O)c2n1. The Kier molecular flexibility index (Phi) is 5.87. The maximum atomic E-state index is 15.2. The van der Waals surface area contributed by atoms with Crippen LogP contribution in [0.5, 0.6) is 0 Å². The van der Waals surface area contributed by atoms with Crippen LogP contribution >= 0.6 is 0 Å². The number of carbonyl (C=O) groups excluding carboxylic acids is 1. The average molecular weight is 527 g/mol. The standard InChI is InChI=1S/C26H24F2N4O4S/c1-26(34,14-37(3,35)36)20-7-6-16(18-11-31(2)30-24(18)20)15-9-21(27)19(22(28)10-15)12-32-13-23-17(25(32)33)5-4-8-29-23/h4-11,34H,12-14H2,1-3H3. The van der Waals surface area contributed by atoms with Gasteiger partial charge < -0.3 is 10.0 Å². The fourth-order valence-electron chi connectivity index (χ4n) is 4.90. The average Bonchev–Trinajstić information content (AvgIpc) is 3.33. The second-order valence-corrected chi connectivity index (χ2v) is 11.8. The molecule has 11 heteroatoms. The van der Waals surface area contributed by atoms with E-state index in [9.17, 15) is 18.3 Å². The maximum absolute atomic E-state index is 15.2. The molecule has 1 aliphatic heterocycles. The number of hydrogen-bond acceptors (Lipinski definition) is 6. The fraction of sp³-hybridized carbons (Fsp3) is 0.269. The molecule has 0 spiro atoms. The van der Waals surface area contributed by atoms with Gasteiger partial charge in [-0.15, -0.1) is 0 Å². The molecule has 0 saturated carbocycles. The third kappa shape index (κ3) is 4.60. The highest BCUT2D eigenvalue weighted by atomic mass is 32.2. The second kappa shape index (κ2) is 8.70. The first-order chi connectivity index (χ1) is 17.3. The number of aliphatic hydroxyl groups is 1. The van der Waals surface area contributed by atoms with E-state index in [4.69, 9.17) is 0 Å². The molecule has 0 bridgehead atoms. The van der Waals surface area contributed by atoms with Gasteiger partial charge >= 0.3 is 0 Å². The zero-order valence-electron chi connectivity index (χ0n) is 20.4. The Bertz CT molecular complexity index is 1660. The van der Waals surface area contributed by atoms with Crippen LogP contribution in [0.4, 0.5) is 8.78 Å². The number of halogens is 2. The molecule has 2 aromatic carbocycles. The lowest BCUT2D eigenvalue weighted by molar-refractivity contribution is 0.0762. The summed E-state index contributed by atoms with van der Waals surface area (Å²) in [6.45, 7) is 1.31. The van der Waals surface area contributed by atoms with Gasteiger partial charge in [0, 0.05) is 42.2 Å². The van der Waals surface area contributed by atoms with E-state index < -0.39 is 32.8 Å². The predicted octanol–water partition coefficient (Wildman–Crippen LogP) is 3.32. The van der Waals surface area contributed by atoms with E-state index in [1.165, 1.54) is 34.7 Å². The number of rotatable bonds is 6. The first-order valence-corrected chi connectivity index (χ1v) is 13.5. The summed E-state index contributed by atoms with van der Waals surface area (Å²) in [6.07, 6.45) is 4.24. The molecule has 3 heterocycles. The van der Waals surface area contributed by atoms with Crippen LogP contribution in [-0.2, 0) is 35.6 Å². The smallest absolute Gasteiger partial charge is 0.256 e. The first-order valence-electron chi connectivity index (χ1n) is 11.4. The predicted molar refractivity (Wildman–Crippen MR) is 133 cm³/mol. The van der Waals surface area contributed by atoms with Crippen LogP contribution in [-0.4, -0.2) is 51.1 Å². The summed E-state index contributed by atoms with van der Waals surface area (Å²) < 4.78 is 55.7. The van der Waals surface area contributed by atoms with Crippen LogP contribution < -0.4 is 0 Å². The molecule has 1 atom stereocenters. The van der Waals surface area contributed by atoms with Crippen molar-refractivity contribution in [3.8, 4) is 11.1 Å². The number of benzene rings is 2. The van der Waals surface area contributed by atoms with Crippen LogP contribution in [0.3, 0.4) is 0 Å². The Hall–Kier alpha value is -3.70. The zero-order valence-corrected chi connectivity index (χ0v) is 21.2. The molecular formula is C26H24F2N4O4S. The number of sulfone groups is 1. The number of aromatic nitrogens is 3. The van der Waals surface area contributed by atoms with Crippen molar-refractivity contribution < 1.29 is 27.1 Å². The van der Waals surface area contributed by atoms with Crippen LogP contribution in [0.25, 0.3) is 22.0 Å². The number of amides is 1. The van der Waals surface area contributed by atoms with E-state index in [1.54, 1.807) is 37.6 Å². The van der Waals surface area contributed by atoms with Crippen molar-refractivity contribution >= 4 is 26.6 Å². The number of pyridine rings is 1. The highest BCUT2D eigenvalue weighted by molar-refractivity contribution is 7.90. The van der Waals surface area contributed by atoms with E-state index in [0.29, 0.717) is 27.7 Å². The number of aryl methyl sites for hydroxylation is 1. The molecule has 5 rings (SSSR count). The molecule has 1 N–H and O–H groups in total. The topological polar surface area (TPSA) is 105 Å². The van der Waals surface area contributed by atoms with Crippen molar-refractivity contribution in [3.05, 3.63) is 82.8 Å². The summed E-state index contributed by atoms with van der Waals surface area (Å²) in [5, 5.41) is 15.8. The van der Waals surface area contributed by atoms with Crippen LogP contribution in [0.2, 0.25) is 0 Å². The molecule has 37 heavy (non-hydrogen) atoms. The zero-order chi connectivity index (χ0) is 26.7. The molecule has 0 saturated heterocycles. The third-order valence-corrected chi connectivity index (χ3v) is 7.55. The summed E-state index contributed by atoms with van der Waals surface area (Å²) >= 11 is 0. The van der Waals surface area contributed by atoms with E-state index in [1.807, 2.05) is 0 Å². The summed E-state index contributed by atoms with van der Waals surface area (Å²) in [6, 6.07) is 8.77. The molecule has 1 unspecified atom stereocenters. The van der Waals surface area contributed by atoms with Crippen LogP contribution in [0, 0.1) is 11.6 Å². The van der Waals surface area contributed by atoms with Crippen LogP contribution in [0.1, 0.15) is 34.1 Å². The van der Waals surface area contributed by atoms with Crippen molar-refractivity contribution in [2.75, 3.05) is 12.0 Å². The van der Waals surface area contributed by atoms with Gasteiger partial charge in [-0.1, -0.05) is 12.1 Å². The molecule has 0 radical (unpaired) electrons.